The molecular formula is C8H13N3O2S. The van der Waals surface area contributed by atoms with E-state index in [0.717, 1.165) is 13.0 Å². The van der Waals surface area contributed by atoms with Gasteiger partial charge in [0.1, 0.15) is 0 Å². The van der Waals surface area contributed by atoms with Crippen LogP contribution < -0.4 is 10.0 Å². The van der Waals surface area contributed by atoms with Crippen molar-refractivity contribution in [2.24, 2.45) is 0 Å². The van der Waals surface area contributed by atoms with Crippen LogP contribution in [0.5, 0.6) is 0 Å². The Morgan fingerprint density at radius 3 is 2.93 bits per heavy atom. The maximum Gasteiger partial charge on any atom is 0.242 e. The predicted molar refractivity (Wildman–Crippen MR) is 52.4 cm³/mol. The molecule has 2 heterocycles. The molecule has 0 bridgehead atoms. The lowest BCUT2D eigenvalue weighted by atomic mass is 10.3. The van der Waals surface area contributed by atoms with Crippen molar-refractivity contribution in [3.05, 3.63) is 18.5 Å². The topological polar surface area (TPSA) is 74.0 Å². The zero-order valence-electron chi connectivity index (χ0n) is 7.66. The summed E-state index contributed by atoms with van der Waals surface area (Å²) in [6.07, 6.45) is 3.93. The average Bonchev–Trinajstić information content (AvgIpc) is 2.71. The molecule has 1 fully saturated rings. The first-order chi connectivity index (χ1) is 6.68. The lowest BCUT2D eigenvalue weighted by Gasteiger charge is -2.10. The molecule has 1 saturated heterocycles. The maximum atomic E-state index is 11.7. The van der Waals surface area contributed by atoms with Crippen molar-refractivity contribution in [1.82, 2.24) is 15.0 Å². The molecule has 14 heavy (non-hydrogen) atoms. The summed E-state index contributed by atoms with van der Waals surface area (Å²) in [5.41, 5.74) is 0. The zero-order valence-corrected chi connectivity index (χ0v) is 8.47. The van der Waals surface area contributed by atoms with E-state index < -0.39 is 10.0 Å². The molecule has 1 aliphatic heterocycles. The van der Waals surface area contributed by atoms with Gasteiger partial charge in [-0.3, -0.25) is 0 Å². The summed E-state index contributed by atoms with van der Waals surface area (Å²) in [7, 11) is -3.32. The summed E-state index contributed by atoms with van der Waals surface area (Å²) in [6, 6.07) is 1.57. The minimum atomic E-state index is -3.32. The number of aromatic amines is 1. The second kappa shape index (κ2) is 3.72. The van der Waals surface area contributed by atoms with Crippen molar-refractivity contribution < 1.29 is 8.42 Å². The van der Waals surface area contributed by atoms with Gasteiger partial charge in [0.15, 0.2) is 0 Å². The molecule has 0 radical (unpaired) electrons. The summed E-state index contributed by atoms with van der Waals surface area (Å²) in [4.78, 5) is 3.02. The van der Waals surface area contributed by atoms with Gasteiger partial charge in [-0.25, -0.2) is 13.1 Å². The van der Waals surface area contributed by atoms with Crippen LogP contribution in [0.3, 0.4) is 0 Å². The third kappa shape index (κ3) is 1.97. The average molecular weight is 215 g/mol. The Kier molecular flexibility index (Phi) is 2.58. The van der Waals surface area contributed by atoms with Crippen molar-refractivity contribution >= 4 is 10.0 Å². The highest BCUT2D eigenvalue weighted by molar-refractivity contribution is 7.89. The highest BCUT2D eigenvalue weighted by atomic mass is 32.2. The standard InChI is InChI=1S/C8H13N3O2S/c12-14(13,8-2-4-10-6-8)11-7-1-3-9-5-7/h2,4,6-7,9-11H,1,3,5H2/t7-/m0/s1. The Morgan fingerprint density at radius 2 is 2.36 bits per heavy atom. The van der Waals surface area contributed by atoms with Gasteiger partial charge in [-0.05, 0) is 19.0 Å². The van der Waals surface area contributed by atoms with Gasteiger partial charge in [-0.1, -0.05) is 0 Å². The third-order valence-electron chi connectivity index (χ3n) is 2.26. The van der Waals surface area contributed by atoms with Crippen LogP contribution in [0.2, 0.25) is 0 Å². The maximum absolute atomic E-state index is 11.7. The van der Waals surface area contributed by atoms with E-state index in [2.05, 4.69) is 15.0 Å². The van der Waals surface area contributed by atoms with Crippen LogP contribution in [0.1, 0.15) is 6.42 Å². The van der Waals surface area contributed by atoms with Gasteiger partial charge in [-0.15, -0.1) is 0 Å². The van der Waals surface area contributed by atoms with E-state index in [-0.39, 0.29) is 6.04 Å². The molecule has 2 rings (SSSR count). The Bertz CT molecular complexity index is 379. The quantitative estimate of drug-likeness (QED) is 0.645. The van der Waals surface area contributed by atoms with Crippen molar-refractivity contribution in [2.75, 3.05) is 13.1 Å². The highest BCUT2D eigenvalue weighted by Gasteiger charge is 2.22. The summed E-state index contributed by atoms with van der Waals surface area (Å²) in [5, 5.41) is 3.11. The van der Waals surface area contributed by atoms with Gasteiger partial charge in [0.25, 0.3) is 0 Å². The molecule has 0 aromatic carbocycles. The van der Waals surface area contributed by atoms with E-state index in [4.69, 9.17) is 0 Å². The van der Waals surface area contributed by atoms with Crippen LogP contribution in [0.4, 0.5) is 0 Å². The molecule has 0 spiro atoms. The summed E-state index contributed by atoms with van der Waals surface area (Å²) in [6.45, 7) is 1.59. The van der Waals surface area contributed by atoms with Gasteiger partial charge in [0, 0.05) is 25.0 Å². The van der Waals surface area contributed by atoms with Crippen molar-refractivity contribution in [3.8, 4) is 0 Å². The minimum Gasteiger partial charge on any atom is -0.366 e. The van der Waals surface area contributed by atoms with Gasteiger partial charge in [-0.2, -0.15) is 0 Å². The molecule has 1 aromatic rings. The Hall–Kier alpha value is -0.850. The molecule has 3 N–H and O–H groups in total. The molecule has 78 valence electrons. The highest BCUT2D eigenvalue weighted by Crippen LogP contribution is 2.09. The molecule has 0 amide bonds. The first kappa shape index (κ1) is 9.70. The van der Waals surface area contributed by atoms with Gasteiger partial charge in [0.2, 0.25) is 10.0 Å². The fourth-order valence-corrected chi connectivity index (χ4v) is 2.76. The van der Waals surface area contributed by atoms with Crippen molar-refractivity contribution in [2.45, 2.75) is 17.4 Å². The number of H-pyrrole nitrogens is 1. The SMILES string of the molecule is O=S(=O)(N[C@H]1CCNC1)c1cc[nH]c1. The largest absolute Gasteiger partial charge is 0.366 e. The molecule has 0 aliphatic carbocycles. The fourth-order valence-electron chi connectivity index (χ4n) is 1.52. The zero-order chi connectivity index (χ0) is 10.0. The second-order valence-corrected chi connectivity index (χ2v) is 5.07. The third-order valence-corrected chi connectivity index (χ3v) is 3.78. The first-order valence-corrected chi connectivity index (χ1v) is 6.03. The number of hydrogen-bond acceptors (Lipinski definition) is 3. The summed E-state index contributed by atoms with van der Waals surface area (Å²) >= 11 is 0. The van der Waals surface area contributed by atoms with Crippen molar-refractivity contribution in [3.63, 3.8) is 0 Å². The molecule has 0 saturated carbocycles. The van der Waals surface area contributed by atoms with E-state index in [1.807, 2.05) is 0 Å². The summed E-state index contributed by atoms with van der Waals surface area (Å²) in [5.74, 6) is 0. The Morgan fingerprint density at radius 1 is 1.50 bits per heavy atom. The number of hydrogen-bond donors (Lipinski definition) is 3. The normalized spacial score (nSPS) is 22.7. The number of sulfonamides is 1. The minimum absolute atomic E-state index is 0.0231. The van der Waals surface area contributed by atoms with Gasteiger partial charge >= 0.3 is 0 Å². The lowest BCUT2D eigenvalue weighted by molar-refractivity contribution is 0.560. The molecule has 1 aromatic heterocycles. The van der Waals surface area contributed by atoms with Crippen LogP contribution in [0, 0.1) is 0 Å². The van der Waals surface area contributed by atoms with Crippen LogP contribution in [0.25, 0.3) is 0 Å². The number of aromatic nitrogens is 1. The molecular weight excluding hydrogens is 202 g/mol. The van der Waals surface area contributed by atoms with Crippen LogP contribution >= 0.6 is 0 Å². The molecule has 0 unspecified atom stereocenters. The van der Waals surface area contributed by atoms with E-state index >= 15 is 0 Å². The molecule has 6 heteroatoms. The van der Waals surface area contributed by atoms with Gasteiger partial charge < -0.3 is 10.3 Å². The van der Waals surface area contributed by atoms with Crippen molar-refractivity contribution in [1.29, 1.82) is 0 Å². The molecule has 5 nitrogen and oxygen atoms in total. The van der Waals surface area contributed by atoms with E-state index in [1.165, 1.54) is 6.20 Å². The lowest BCUT2D eigenvalue weighted by Crippen LogP contribution is -2.35. The molecule has 1 aliphatic rings. The fraction of sp³-hybridized carbons (Fsp3) is 0.500. The second-order valence-electron chi connectivity index (χ2n) is 3.36. The van der Waals surface area contributed by atoms with E-state index in [1.54, 1.807) is 12.3 Å². The van der Waals surface area contributed by atoms with Gasteiger partial charge in [0.05, 0.1) is 4.90 Å². The van der Waals surface area contributed by atoms with Crippen LogP contribution in [-0.4, -0.2) is 32.5 Å². The van der Waals surface area contributed by atoms with Crippen LogP contribution in [0.15, 0.2) is 23.4 Å². The smallest absolute Gasteiger partial charge is 0.242 e. The monoisotopic (exact) mass is 215 g/mol. The molecule has 1 atom stereocenters. The Balaban J connectivity index is 2.09. The number of nitrogens with one attached hydrogen (secondary N) is 3. The number of rotatable bonds is 3. The summed E-state index contributed by atoms with van der Waals surface area (Å²) < 4.78 is 26.0. The predicted octanol–water partition coefficient (Wildman–Crippen LogP) is -0.345. The first-order valence-electron chi connectivity index (χ1n) is 4.54. The Labute approximate surface area is 83.0 Å². The van der Waals surface area contributed by atoms with E-state index in [0.29, 0.717) is 11.4 Å². The van der Waals surface area contributed by atoms with E-state index in [9.17, 15) is 8.42 Å². The van der Waals surface area contributed by atoms with Crippen LogP contribution in [-0.2, 0) is 10.0 Å².